The number of benzene rings is 3. The Hall–Kier alpha value is -3.42. The number of fused-ring (bicyclic) bond motifs is 1. The van der Waals surface area contributed by atoms with Crippen molar-refractivity contribution in [3.63, 3.8) is 0 Å². The Kier molecular flexibility index (Phi) is 11.9. The molecule has 0 heterocycles. The van der Waals surface area contributed by atoms with E-state index in [9.17, 15) is 14.4 Å². The molecular weight excluding hydrogens is 480 g/mol. The van der Waals surface area contributed by atoms with E-state index in [1.165, 1.54) is 5.39 Å². The maximum Gasteiger partial charge on any atom is 0.323 e. The van der Waals surface area contributed by atoms with Crippen LogP contribution in [0.3, 0.4) is 0 Å². The number of ether oxygens (including phenoxy) is 2. The van der Waals surface area contributed by atoms with Gasteiger partial charge in [-0.1, -0.05) is 72.8 Å². The number of amides is 1. The van der Waals surface area contributed by atoms with E-state index < -0.39 is 24.0 Å². The molecule has 0 saturated heterocycles. The predicted molar refractivity (Wildman–Crippen MR) is 141 cm³/mol. The topological polar surface area (TPSA) is 122 Å². The molecule has 0 aliphatic rings. The van der Waals surface area contributed by atoms with Crippen LogP contribution in [0.2, 0.25) is 0 Å². The van der Waals surface area contributed by atoms with E-state index in [4.69, 9.17) is 20.9 Å². The molecule has 7 nitrogen and oxygen atoms in total. The van der Waals surface area contributed by atoms with Crippen LogP contribution in [0, 0.1) is 0 Å². The molecule has 8 heteroatoms. The highest BCUT2D eigenvalue weighted by Gasteiger charge is 2.24. The van der Waals surface area contributed by atoms with Gasteiger partial charge in [0.25, 0.3) is 5.91 Å². The van der Waals surface area contributed by atoms with Gasteiger partial charge in [0.2, 0.25) is 0 Å². The summed E-state index contributed by atoms with van der Waals surface area (Å²) in [6, 6.07) is 22.7. The van der Waals surface area contributed by atoms with Crippen LogP contribution < -0.4 is 11.5 Å². The summed E-state index contributed by atoms with van der Waals surface area (Å²) < 4.78 is 10.5. The van der Waals surface area contributed by atoms with Crippen molar-refractivity contribution in [1.29, 1.82) is 0 Å². The fourth-order valence-corrected chi connectivity index (χ4v) is 3.77. The number of hydrogen-bond donors (Lipinski definition) is 2. The fraction of sp³-hybridized carbons (Fsp3) is 0.321. The largest absolute Gasteiger partial charge is 0.461 e. The standard InChI is InChI=1S/C28H32N2O5.ClH/c29-24(13-7-15-26(31)34-19-21-8-2-1-3-9-21)28(33)35-25(27(30)32)14-6-10-20-16-17-22-11-4-5-12-23(22)18-20;/h1-5,8-9,11-12,16-18,24-25H,6-7,10,13-15,19,29H2,(H2,30,32);1H/t24-,25?;/m0./s1. The molecule has 3 aromatic rings. The molecule has 0 fully saturated rings. The van der Waals surface area contributed by atoms with E-state index in [1.807, 2.05) is 48.5 Å². The molecule has 1 amide bonds. The minimum Gasteiger partial charge on any atom is -0.461 e. The van der Waals surface area contributed by atoms with Gasteiger partial charge in [0, 0.05) is 6.42 Å². The number of esters is 2. The molecule has 0 aliphatic heterocycles. The third kappa shape index (κ3) is 9.32. The van der Waals surface area contributed by atoms with Crippen molar-refractivity contribution in [1.82, 2.24) is 0 Å². The molecule has 3 aromatic carbocycles. The Morgan fingerprint density at radius 2 is 1.50 bits per heavy atom. The van der Waals surface area contributed by atoms with Crippen molar-refractivity contribution >= 4 is 41.0 Å². The Labute approximate surface area is 217 Å². The van der Waals surface area contributed by atoms with Crippen molar-refractivity contribution in [2.45, 2.75) is 57.3 Å². The smallest absolute Gasteiger partial charge is 0.323 e. The lowest BCUT2D eigenvalue weighted by atomic mass is 10.0. The van der Waals surface area contributed by atoms with Gasteiger partial charge < -0.3 is 20.9 Å². The number of carbonyl (C=O) groups is 3. The van der Waals surface area contributed by atoms with E-state index in [0.717, 1.165) is 22.9 Å². The maximum absolute atomic E-state index is 12.4. The second kappa shape index (κ2) is 14.9. The van der Waals surface area contributed by atoms with Gasteiger partial charge in [0.05, 0.1) is 0 Å². The summed E-state index contributed by atoms with van der Waals surface area (Å²) in [4.78, 5) is 36.1. The molecule has 4 N–H and O–H groups in total. The average Bonchev–Trinajstić information content (AvgIpc) is 2.87. The van der Waals surface area contributed by atoms with Crippen LogP contribution in [-0.4, -0.2) is 30.0 Å². The summed E-state index contributed by atoms with van der Waals surface area (Å²) in [6.07, 6.45) is 1.37. The van der Waals surface area contributed by atoms with E-state index in [-0.39, 0.29) is 37.8 Å². The highest BCUT2D eigenvalue weighted by atomic mass is 35.5. The van der Waals surface area contributed by atoms with Gasteiger partial charge in [-0.05, 0) is 54.0 Å². The lowest BCUT2D eigenvalue weighted by Crippen LogP contribution is -2.40. The molecule has 36 heavy (non-hydrogen) atoms. The minimum absolute atomic E-state index is 0. The minimum atomic E-state index is -1.04. The van der Waals surface area contributed by atoms with Crippen molar-refractivity contribution in [2.75, 3.05) is 0 Å². The van der Waals surface area contributed by atoms with Gasteiger partial charge in [0.15, 0.2) is 6.10 Å². The van der Waals surface area contributed by atoms with Gasteiger partial charge in [-0.2, -0.15) is 0 Å². The summed E-state index contributed by atoms with van der Waals surface area (Å²) >= 11 is 0. The van der Waals surface area contributed by atoms with Crippen molar-refractivity contribution in [3.05, 3.63) is 83.9 Å². The van der Waals surface area contributed by atoms with Gasteiger partial charge in [-0.25, -0.2) is 0 Å². The first kappa shape index (κ1) is 28.8. The molecule has 0 bridgehead atoms. The Morgan fingerprint density at radius 3 is 2.22 bits per heavy atom. The number of halogens is 1. The maximum atomic E-state index is 12.4. The summed E-state index contributed by atoms with van der Waals surface area (Å²) in [6.45, 7) is 0.202. The first-order valence-corrected chi connectivity index (χ1v) is 11.8. The SMILES string of the molecule is Cl.NC(=O)C(CCCc1ccc2ccccc2c1)OC(=O)[C@@H](N)CCCC(=O)OCc1ccccc1. The molecule has 0 saturated carbocycles. The molecule has 2 atom stereocenters. The van der Waals surface area contributed by atoms with E-state index >= 15 is 0 Å². The summed E-state index contributed by atoms with van der Waals surface area (Å²) in [7, 11) is 0. The van der Waals surface area contributed by atoms with Crippen LogP contribution in [0.5, 0.6) is 0 Å². The fourth-order valence-electron chi connectivity index (χ4n) is 3.77. The third-order valence-corrected chi connectivity index (χ3v) is 5.76. The molecule has 0 aliphatic carbocycles. The lowest BCUT2D eigenvalue weighted by molar-refractivity contribution is -0.157. The zero-order valence-electron chi connectivity index (χ0n) is 20.1. The van der Waals surface area contributed by atoms with Crippen LogP contribution >= 0.6 is 12.4 Å². The summed E-state index contributed by atoms with van der Waals surface area (Å²) in [5, 5.41) is 2.32. The summed E-state index contributed by atoms with van der Waals surface area (Å²) in [5.74, 6) is -1.76. The lowest BCUT2D eigenvalue weighted by Gasteiger charge is -2.18. The second-order valence-corrected chi connectivity index (χ2v) is 8.55. The van der Waals surface area contributed by atoms with Crippen molar-refractivity contribution in [3.8, 4) is 0 Å². The highest BCUT2D eigenvalue weighted by molar-refractivity contribution is 5.85. The van der Waals surface area contributed by atoms with E-state index in [2.05, 4.69) is 24.3 Å². The quantitative estimate of drug-likeness (QED) is 0.331. The predicted octanol–water partition coefficient (Wildman–Crippen LogP) is 4.22. The average molecular weight is 513 g/mol. The normalized spacial score (nSPS) is 12.2. The zero-order valence-corrected chi connectivity index (χ0v) is 21.0. The number of carbonyl (C=O) groups excluding carboxylic acids is 3. The van der Waals surface area contributed by atoms with Crippen molar-refractivity contribution < 1.29 is 23.9 Å². The molecule has 0 aromatic heterocycles. The molecular formula is C28H33ClN2O5. The van der Waals surface area contributed by atoms with Crippen LogP contribution in [0.4, 0.5) is 0 Å². The zero-order chi connectivity index (χ0) is 25.0. The van der Waals surface area contributed by atoms with Gasteiger partial charge in [-0.3, -0.25) is 14.4 Å². The second-order valence-electron chi connectivity index (χ2n) is 8.55. The Bertz CT molecular complexity index is 1140. The number of aryl methyl sites for hydroxylation is 1. The van der Waals surface area contributed by atoms with Crippen LogP contribution in [-0.2, 0) is 36.9 Å². The number of primary amides is 1. The Morgan fingerprint density at radius 1 is 0.806 bits per heavy atom. The van der Waals surface area contributed by atoms with E-state index in [1.54, 1.807) is 0 Å². The van der Waals surface area contributed by atoms with Gasteiger partial charge in [-0.15, -0.1) is 12.4 Å². The first-order chi connectivity index (χ1) is 16.9. The van der Waals surface area contributed by atoms with Crippen molar-refractivity contribution in [2.24, 2.45) is 11.5 Å². The molecule has 0 radical (unpaired) electrons. The van der Waals surface area contributed by atoms with Gasteiger partial charge >= 0.3 is 11.9 Å². The van der Waals surface area contributed by atoms with Gasteiger partial charge in [0.1, 0.15) is 12.6 Å². The number of rotatable bonds is 13. The number of nitrogens with two attached hydrogens (primary N) is 2. The highest BCUT2D eigenvalue weighted by Crippen LogP contribution is 2.18. The summed E-state index contributed by atoms with van der Waals surface area (Å²) in [5.41, 5.74) is 13.4. The number of hydrogen-bond acceptors (Lipinski definition) is 6. The molecule has 1 unspecified atom stereocenters. The first-order valence-electron chi connectivity index (χ1n) is 11.8. The van der Waals surface area contributed by atoms with Crippen LogP contribution in [0.1, 0.15) is 43.2 Å². The monoisotopic (exact) mass is 512 g/mol. The van der Waals surface area contributed by atoms with E-state index in [0.29, 0.717) is 19.3 Å². The molecule has 0 spiro atoms. The molecule has 192 valence electrons. The van der Waals surface area contributed by atoms with Crippen LogP contribution in [0.15, 0.2) is 72.8 Å². The molecule has 3 rings (SSSR count). The Balaban J connectivity index is 0.00000456. The van der Waals surface area contributed by atoms with Crippen LogP contribution in [0.25, 0.3) is 10.8 Å². The third-order valence-electron chi connectivity index (χ3n) is 5.76.